The smallest absolute Gasteiger partial charge is 0.266 e. The van der Waals surface area contributed by atoms with Crippen LogP contribution in [0, 0.1) is 13.8 Å². The molecular weight excluding hydrogens is 294 g/mol. The summed E-state index contributed by atoms with van der Waals surface area (Å²) in [5.41, 5.74) is 3.33. The second-order valence-corrected chi connectivity index (χ2v) is 6.16. The van der Waals surface area contributed by atoms with Crippen LogP contribution in [0.1, 0.15) is 26.4 Å². The van der Waals surface area contributed by atoms with Crippen molar-refractivity contribution in [3.63, 3.8) is 0 Å². The predicted octanol–water partition coefficient (Wildman–Crippen LogP) is 3.75. The lowest BCUT2D eigenvalue weighted by atomic mass is 10.1. The van der Waals surface area contributed by atoms with E-state index >= 15 is 0 Å². The van der Waals surface area contributed by atoms with E-state index in [1.54, 1.807) is 16.1 Å². The van der Waals surface area contributed by atoms with E-state index in [4.69, 9.17) is 0 Å². The predicted molar refractivity (Wildman–Crippen MR) is 89.3 cm³/mol. The van der Waals surface area contributed by atoms with Crippen LogP contribution in [0.15, 0.2) is 59.4 Å². The number of carbonyl (C=O) groups excluding carboxylic acids is 1. The number of aryl methyl sites for hydroxylation is 2. The van der Waals surface area contributed by atoms with Gasteiger partial charge in [0, 0.05) is 11.6 Å². The SMILES string of the molecule is Cc1cccc(C)c1-n1sc(C(=O)c2ccccc2)cc1=O. The molecule has 0 radical (unpaired) electrons. The zero-order chi connectivity index (χ0) is 15.7. The van der Waals surface area contributed by atoms with Crippen molar-refractivity contribution in [2.24, 2.45) is 0 Å². The molecule has 0 saturated heterocycles. The van der Waals surface area contributed by atoms with Gasteiger partial charge >= 0.3 is 0 Å². The van der Waals surface area contributed by atoms with Gasteiger partial charge in [-0.2, -0.15) is 0 Å². The molecule has 22 heavy (non-hydrogen) atoms. The highest BCUT2D eigenvalue weighted by Gasteiger charge is 2.16. The van der Waals surface area contributed by atoms with Crippen LogP contribution in [-0.2, 0) is 0 Å². The lowest BCUT2D eigenvalue weighted by molar-refractivity contribution is 0.104. The number of carbonyl (C=O) groups is 1. The van der Waals surface area contributed by atoms with Crippen LogP contribution in [0.2, 0.25) is 0 Å². The highest BCUT2D eigenvalue weighted by atomic mass is 32.1. The van der Waals surface area contributed by atoms with E-state index in [0.717, 1.165) is 16.8 Å². The van der Waals surface area contributed by atoms with Gasteiger partial charge in [-0.05, 0) is 36.5 Å². The first-order valence-corrected chi connectivity index (χ1v) is 7.75. The van der Waals surface area contributed by atoms with Gasteiger partial charge < -0.3 is 0 Å². The van der Waals surface area contributed by atoms with E-state index < -0.39 is 0 Å². The van der Waals surface area contributed by atoms with Gasteiger partial charge in [-0.25, -0.2) is 3.96 Å². The minimum absolute atomic E-state index is 0.118. The molecule has 0 spiro atoms. The number of rotatable bonds is 3. The second kappa shape index (κ2) is 5.73. The summed E-state index contributed by atoms with van der Waals surface area (Å²) >= 11 is 1.20. The maximum atomic E-state index is 12.5. The number of aromatic nitrogens is 1. The maximum Gasteiger partial charge on any atom is 0.266 e. The normalized spacial score (nSPS) is 10.6. The molecule has 0 aliphatic carbocycles. The third-order valence-electron chi connectivity index (χ3n) is 3.55. The van der Waals surface area contributed by atoms with E-state index in [9.17, 15) is 9.59 Å². The Morgan fingerprint density at radius 1 is 0.955 bits per heavy atom. The van der Waals surface area contributed by atoms with Crippen LogP contribution in [0.3, 0.4) is 0 Å². The molecule has 0 aliphatic rings. The fraction of sp³-hybridized carbons (Fsp3) is 0.111. The van der Waals surface area contributed by atoms with Crippen LogP contribution < -0.4 is 5.56 Å². The molecule has 4 heteroatoms. The summed E-state index contributed by atoms with van der Waals surface area (Å²) in [7, 11) is 0. The fourth-order valence-corrected chi connectivity index (χ4v) is 3.53. The number of nitrogens with zero attached hydrogens (tertiary/aromatic N) is 1. The van der Waals surface area contributed by atoms with Gasteiger partial charge in [-0.1, -0.05) is 48.5 Å². The van der Waals surface area contributed by atoms with Crippen LogP contribution >= 0.6 is 11.5 Å². The third-order valence-corrected chi connectivity index (χ3v) is 4.59. The molecule has 110 valence electrons. The van der Waals surface area contributed by atoms with Crippen molar-refractivity contribution in [1.82, 2.24) is 3.96 Å². The van der Waals surface area contributed by atoms with Gasteiger partial charge in [-0.3, -0.25) is 9.59 Å². The van der Waals surface area contributed by atoms with Crippen LogP contribution in [0.5, 0.6) is 0 Å². The summed E-state index contributed by atoms with van der Waals surface area (Å²) in [6.07, 6.45) is 0. The van der Waals surface area contributed by atoms with E-state index in [1.807, 2.05) is 50.2 Å². The van der Waals surface area contributed by atoms with Crippen LogP contribution in [0.25, 0.3) is 5.69 Å². The molecule has 0 saturated carbocycles. The van der Waals surface area contributed by atoms with Crippen LogP contribution in [0.4, 0.5) is 0 Å². The summed E-state index contributed by atoms with van der Waals surface area (Å²) in [6.45, 7) is 3.93. The topological polar surface area (TPSA) is 39.1 Å². The molecule has 1 heterocycles. The average molecular weight is 309 g/mol. The second-order valence-electron chi connectivity index (χ2n) is 5.17. The minimum atomic E-state index is -0.165. The zero-order valence-corrected chi connectivity index (χ0v) is 13.2. The molecule has 0 atom stereocenters. The summed E-state index contributed by atoms with van der Waals surface area (Å²) < 4.78 is 1.60. The summed E-state index contributed by atoms with van der Waals surface area (Å²) in [5, 5.41) is 0. The van der Waals surface area contributed by atoms with E-state index in [0.29, 0.717) is 10.4 Å². The molecule has 3 aromatic rings. The number of ketones is 1. The Hall–Kier alpha value is -2.46. The monoisotopic (exact) mass is 309 g/mol. The Labute approximate surface area is 132 Å². The van der Waals surface area contributed by atoms with Crippen molar-refractivity contribution in [3.8, 4) is 5.69 Å². The number of hydrogen-bond acceptors (Lipinski definition) is 3. The molecule has 0 fully saturated rings. The molecule has 1 aromatic heterocycles. The highest BCUT2D eigenvalue weighted by Crippen LogP contribution is 2.22. The highest BCUT2D eigenvalue weighted by molar-refractivity contribution is 7.09. The molecule has 0 aliphatic heterocycles. The first-order chi connectivity index (χ1) is 10.6. The molecule has 3 rings (SSSR count). The minimum Gasteiger partial charge on any atom is -0.288 e. The maximum absolute atomic E-state index is 12.5. The Morgan fingerprint density at radius 2 is 1.59 bits per heavy atom. The number of hydrogen-bond donors (Lipinski definition) is 0. The Balaban J connectivity index is 2.09. The number of benzene rings is 2. The van der Waals surface area contributed by atoms with Crippen molar-refractivity contribution < 1.29 is 4.79 Å². The molecule has 3 nitrogen and oxygen atoms in total. The van der Waals surface area contributed by atoms with Crippen LogP contribution in [-0.4, -0.2) is 9.74 Å². The van der Waals surface area contributed by atoms with Gasteiger partial charge in [0.1, 0.15) is 0 Å². The Morgan fingerprint density at radius 3 is 2.23 bits per heavy atom. The molecule has 0 unspecified atom stereocenters. The van der Waals surface area contributed by atoms with Crippen molar-refractivity contribution in [2.45, 2.75) is 13.8 Å². The van der Waals surface area contributed by atoms with E-state index in [2.05, 4.69) is 0 Å². The van der Waals surface area contributed by atoms with Gasteiger partial charge in [0.2, 0.25) is 5.78 Å². The molecule has 0 bridgehead atoms. The summed E-state index contributed by atoms with van der Waals surface area (Å²) in [5.74, 6) is -0.118. The van der Waals surface area contributed by atoms with Crippen molar-refractivity contribution in [1.29, 1.82) is 0 Å². The first-order valence-electron chi connectivity index (χ1n) is 6.97. The largest absolute Gasteiger partial charge is 0.288 e. The lowest BCUT2D eigenvalue weighted by Gasteiger charge is -2.08. The molecule has 2 aromatic carbocycles. The van der Waals surface area contributed by atoms with E-state index in [-0.39, 0.29) is 11.3 Å². The quantitative estimate of drug-likeness (QED) is 0.691. The molecule has 0 amide bonds. The van der Waals surface area contributed by atoms with Gasteiger partial charge in [0.15, 0.2) is 0 Å². The molecular formula is C18H15NO2S. The number of para-hydroxylation sites is 1. The summed E-state index contributed by atoms with van der Waals surface area (Å²) in [6, 6.07) is 16.3. The van der Waals surface area contributed by atoms with Gasteiger partial charge in [0.25, 0.3) is 5.56 Å². The summed E-state index contributed by atoms with van der Waals surface area (Å²) in [4.78, 5) is 25.2. The van der Waals surface area contributed by atoms with Gasteiger partial charge in [0.05, 0.1) is 10.6 Å². The Kier molecular flexibility index (Phi) is 3.77. The Bertz CT molecular complexity index is 871. The van der Waals surface area contributed by atoms with Crippen molar-refractivity contribution >= 4 is 17.3 Å². The zero-order valence-electron chi connectivity index (χ0n) is 12.4. The fourth-order valence-electron chi connectivity index (χ4n) is 2.46. The third kappa shape index (κ3) is 2.53. The standard InChI is InChI=1S/C18H15NO2S/c1-12-7-6-8-13(2)17(12)19-16(20)11-15(22-19)18(21)14-9-4-3-5-10-14/h3-11H,1-2H3. The average Bonchev–Trinajstić information content (AvgIpc) is 2.89. The van der Waals surface area contributed by atoms with E-state index in [1.165, 1.54) is 17.6 Å². The van der Waals surface area contributed by atoms with Crippen molar-refractivity contribution in [3.05, 3.63) is 86.5 Å². The van der Waals surface area contributed by atoms with Crippen molar-refractivity contribution in [2.75, 3.05) is 0 Å². The molecule has 0 N–H and O–H groups in total. The lowest BCUT2D eigenvalue weighted by Crippen LogP contribution is -2.12. The first kappa shape index (κ1) is 14.5. The van der Waals surface area contributed by atoms with Gasteiger partial charge in [-0.15, -0.1) is 0 Å².